The molecule has 0 saturated carbocycles. The predicted molar refractivity (Wildman–Crippen MR) is 85.2 cm³/mol. The first-order chi connectivity index (χ1) is 10.7. The van der Waals surface area contributed by atoms with Crippen LogP contribution in [0.25, 0.3) is 0 Å². The normalized spacial score (nSPS) is 22.3. The molecule has 2 aliphatic heterocycles. The number of nitrogens with zero attached hydrogens (tertiary/aromatic N) is 1. The fourth-order valence-corrected chi connectivity index (χ4v) is 3.57. The number of allylic oxidation sites excluding steroid dienone is 1. The van der Waals surface area contributed by atoms with Gasteiger partial charge in [0.05, 0.1) is 19.8 Å². The maximum absolute atomic E-state index is 12.2. The number of amides is 1. The Bertz CT molecular complexity index is 650. The Labute approximate surface area is 131 Å². The van der Waals surface area contributed by atoms with E-state index in [1.54, 1.807) is 20.3 Å². The molecular weight excluding hydrogens is 278 g/mol. The molecule has 2 aliphatic rings. The largest absolute Gasteiger partial charge is 0.493 e. The molecule has 1 aromatic rings. The Hall–Kier alpha value is -2.23. The van der Waals surface area contributed by atoms with E-state index < -0.39 is 0 Å². The minimum Gasteiger partial charge on any atom is -0.493 e. The molecular formula is C18H21NO3. The second kappa shape index (κ2) is 5.52. The second-order valence-electron chi connectivity index (χ2n) is 5.69. The van der Waals surface area contributed by atoms with Crippen LogP contribution in [0.1, 0.15) is 24.0 Å². The summed E-state index contributed by atoms with van der Waals surface area (Å²) in [5.41, 5.74) is 1.98. The van der Waals surface area contributed by atoms with E-state index in [1.165, 1.54) is 5.56 Å². The Morgan fingerprint density at radius 1 is 1.32 bits per heavy atom. The van der Waals surface area contributed by atoms with Gasteiger partial charge in [0.15, 0.2) is 11.5 Å². The molecule has 0 fully saturated rings. The number of benzene rings is 1. The van der Waals surface area contributed by atoms with Gasteiger partial charge in [-0.1, -0.05) is 6.08 Å². The van der Waals surface area contributed by atoms with Crippen molar-refractivity contribution in [3.05, 3.63) is 48.1 Å². The Kier molecular flexibility index (Phi) is 3.69. The first-order valence-electron chi connectivity index (χ1n) is 7.53. The van der Waals surface area contributed by atoms with E-state index in [2.05, 4.69) is 6.58 Å². The van der Waals surface area contributed by atoms with Crippen LogP contribution in [0.5, 0.6) is 11.5 Å². The molecule has 116 valence electrons. The zero-order valence-electron chi connectivity index (χ0n) is 13.1. The summed E-state index contributed by atoms with van der Waals surface area (Å²) in [5.74, 6) is 1.53. The molecule has 3 rings (SSSR count). The average molecular weight is 299 g/mol. The van der Waals surface area contributed by atoms with Gasteiger partial charge in [-0.3, -0.25) is 4.79 Å². The zero-order valence-corrected chi connectivity index (χ0v) is 13.1. The molecule has 1 atom stereocenters. The summed E-state index contributed by atoms with van der Waals surface area (Å²) in [6.45, 7) is 4.55. The molecule has 1 amide bonds. The highest BCUT2D eigenvalue weighted by Crippen LogP contribution is 2.46. The minimum atomic E-state index is -0.377. The van der Waals surface area contributed by atoms with Crippen molar-refractivity contribution in [3.8, 4) is 11.5 Å². The first kappa shape index (κ1) is 14.7. The van der Waals surface area contributed by atoms with Crippen molar-refractivity contribution in [3.63, 3.8) is 0 Å². The van der Waals surface area contributed by atoms with Crippen molar-refractivity contribution in [1.82, 2.24) is 4.90 Å². The van der Waals surface area contributed by atoms with Crippen LogP contribution in [0.15, 0.2) is 36.9 Å². The lowest BCUT2D eigenvalue weighted by Crippen LogP contribution is -2.48. The number of rotatable bonds is 5. The topological polar surface area (TPSA) is 38.8 Å². The number of carbonyl (C=O) groups excluding carboxylic acids is 1. The van der Waals surface area contributed by atoms with Crippen LogP contribution in [0.3, 0.4) is 0 Å². The van der Waals surface area contributed by atoms with Gasteiger partial charge in [0.25, 0.3) is 0 Å². The Balaban J connectivity index is 2.16. The lowest BCUT2D eigenvalue weighted by Gasteiger charge is -2.43. The van der Waals surface area contributed by atoms with Gasteiger partial charge in [0.1, 0.15) is 0 Å². The number of methoxy groups -OCH3 is 2. The van der Waals surface area contributed by atoms with Crippen LogP contribution >= 0.6 is 0 Å². The van der Waals surface area contributed by atoms with Gasteiger partial charge in [0, 0.05) is 12.6 Å². The van der Waals surface area contributed by atoms with Gasteiger partial charge < -0.3 is 14.4 Å². The molecule has 4 nitrogen and oxygen atoms in total. The fraction of sp³-hybridized carbons (Fsp3) is 0.389. The molecule has 2 heterocycles. The van der Waals surface area contributed by atoms with E-state index in [1.807, 2.05) is 29.2 Å². The Morgan fingerprint density at radius 2 is 2.05 bits per heavy atom. The third-order valence-corrected chi connectivity index (χ3v) is 4.66. The monoisotopic (exact) mass is 299 g/mol. The minimum absolute atomic E-state index is 0.0875. The van der Waals surface area contributed by atoms with Gasteiger partial charge in [-0.2, -0.15) is 0 Å². The van der Waals surface area contributed by atoms with E-state index in [-0.39, 0.29) is 11.4 Å². The van der Waals surface area contributed by atoms with Crippen LogP contribution in [0.4, 0.5) is 0 Å². The number of ether oxygens (including phenoxy) is 2. The molecule has 0 unspecified atom stereocenters. The summed E-state index contributed by atoms with van der Waals surface area (Å²) < 4.78 is 10.9. The van der Waals surface area contributed by atoms with Crippen molar-refractivity contribution in [2.75, 3.05) is 20.8 Å². The molecule has 0 radical (unpaired) electrons. The number of hydrogen-bond donors (Lipinski definition) is 0. The van der Waals surface area contributed by atoms with E-state index >= 15 is 0 Å². The van der Waals surface area contributed by atoms with E-state index in [0.29, 0.717) is 5.75 Å². The summed E-state index contributed by atoms with van der Waals surface area (Å²) in [6, 6.07) is 4.06. The third kappa shape index (κ3) is 2.02. The van der Waals surface area contributed by atoms with E-state index in [0.717, 1.165) is 37.1 Å². The van der Waals surface area contributed by atoms with Crippen LogP contribution < -0.4 is 9.47 Å². The summed E-state index contributed by atoms with van der Waals surface area (Å²) >= 11 is 0. The summed E-state index contributed by atoms with van der Waals surface area (Å²) in [5, 5.41) is 0. The molecule has 0 bridgehead atoms. The zero-order chi connectivity index (χ0) is 15.7. The van der Waals surface area contributed by atoms with Gasteiger partial charge in [-0.25, -0.2) is 0 Å². The number of fused-ring (bicyclic) bond motifs is 3. The number of carbonyl (C=O) groups is 1. The predicted octanol–water partition coefficient (Wildman–Crippen LogP) is 2.82. The van der Waals surface area contributed by atoms with E-state index in [4.69, 9.17) is 9.47 Å². The van der Waals surface area contributed by atoms with E-state index in [9.17, 15) is 4.79 Å². The van der Waals surface area contributed by atoms with Gasteiger partial charge in [-0.05, 0) is 48.6 Å². The molecule has 0 saturated heterocycles. The number of hydrogen-bond acceptors (Lipinski definition) is 3. The van der Waals surface area contributed by atoms with Crippen LogP contribution in [0, 0.1) is 0 Å². The van der Waals surface area contributed by atoms with Gasteiger partial charge in [-0.15, -0.1) is 6.58 Å². The fourth-order valence-electron chi connectivity index (χ4n) is 3.57. The summed E-state index contributed by atoms with van der Waals surface area (Å²) in [7, 11) is 3.28. The molecule has 22 heavy (non-hydrogen) atoms. The van der Waals surface area contributed by atoms with Crippen molar-refractivity contribution in [2.45, 2.75) is 24.8 Å². The van der Waals surface area contributed by atoms with Crippen molar-refractivity contribution < 1.29 is 14.3 Å². The van der Waals surface area contributed by atoms with Crippen LogP contribution in [-0.2, 0) is 16.8 Å². The highest BCUT2D eigenvalue weighted by Gasteiger charge is 2.46. The maximum Gasteiger partial charge on any atom is 0.247 e. The maximum atomic E-state index is 12.2. The molecule has 0 aliphatic carbocycles. The van der Waals surface area contributed by atoms with Crippen molar-refractivity contribution in [1.29, 1.82) is 0 Å². The molecule has 1 aromatic carbocycles. The van der Waals surface area contributed by atoms with Crippen LogP contribution in [-0.4, -0.2) is 31.6 Å². The SMILES string of the molecule is C=CCC[C@]12C=CC(=O)N1CCc1cc(OC)c(OC)cc12. The lowest BCUT2D eigenvalue weighted by atomic mass is 9.78. The molecule has 0 aromatic heterocycles. The molecule has 0 spiro atoms. The van der Waals surface area contributed by atoms with Gasteiger partial charge in [0.2, 0.25) is 5.91 Å². The first-order valence-corrected chi connectivity index (χ1v) is 7.53. The average Bonchev–Trinajstić information content (AvgIpc) is 2.89. The molecule has 4 heteroatoms. The third-order valence-electron chi connectivity index (χ3n) is 4.66. The van der Waals surface area contributed by atoms with Gasteiger partial charge >= 0.3 is 0 Å². The van der Waals surface area contributed by atoms with Crippen LogP contribution in [0.2, 0.25) is 0 Å². The second-order valence-corrected chi connectivity index (χ2v) is 5.69. The highest BCUT2D eigenvalue weighted by molar-refractivity contribution is 5.92. The van der Waals surface area contributed by atoms with Crippen molar-refractivity contribution >= 4 is 5.91 Å². The lowest BCUT2D eigenvalue weighted by molar-refractivity contribution is -0.129. The summed E-state index contributed by atoms with van der Waals surface area (Å²) in [6.07, 6.45) is 8.14. The summed E-state index contributed by atoms with van der Waals surface area (Å²) in [4.78, 5) is 14.2. The Morgan fingerprint density at radius 3 is 2.73 bits per heavy atom. The van der Waals surface area contributed by atoms with Crippen molar-refractivity contribution in [2.24, 2.45) is 0 Å². The standard InChI is InChI=1S/C18H21NO3/c1-4-5-8-18-9-6-17(20)19(18)10-7-13-11-15(21-2)16(22-3)12-14(13)18/h4,6,9,11-12H,1,5,7-8,10H2,2-3H3/t18-/m1/s1. The highest BCUT2D eigenvalue weighted by atomic mass is 16.5. The smallest absolute Gasteiger partial charge is 0.247 e. The molecule has 0 N–H and O–H groups in total. The quantitative estimate of drug-likeness (QED) is 0.785.